The third kappa shape index (κ3) is 3.62. The number of aliphatic hydroxyl groups excluding tert-OH is 3. The summed E-state index contributed by atoms with van der Waals surface area (Å²) in [6.07, 6.45) is -9.02. The summed E-state index contributed by atoms with van der Waals surface area (Å²) in [5.74, 6) is -2.40. The summed E-state index contributed by atoms with van der Waals surface area (Å²) in [4.78, 5) is 23.9. The van der Waals surface area contributed by atoms with Gasteiger partial charge in [0.1, 0.15) is 29.8 Å². The number of ether oxygens (including phenoxy) is 2. The molecule has 6 atom stereocenters. The zero-order valence-corrected chi connectivity index (χ0v) is 16.4. The predicted octanol–water partition coefficient (Wildman–Crippen LogP) is -0.304. The van der Waals surface area contributed by atoms with E-state index in [1.807, 2.05) is 0 Å². The number of hydrogen-bond donors (Lipinski definition) is 6. The molecule has 1 fully saturated rings. The molecule has 0 radical (unpaired) electrons. The van der Waals surface area contributed by atoms with Crippen molar-refractivity contribution in [2.24, 2.45) is 0 Å². The van der Waals surface area contributed by atoms with Crippen LogP contribution >= 0.6 is 0 Å². The molecular weight excluding hydrogens is 412 g/mol. The zero-order chi connectivity index (χ0) is 22.7. The number of carbonyl (C=O) groups excluding carboxylic acids is 1. The first-order valence-electron chi connectivity index (χ1n) is 9.62. The normalized spacial score (nSPS) is 33.2. The fourth-order valence-corrected chi connectivity index (χ4v) is 4.19. The van der Waals surface area contributed by atoms with Crippen molar-refractivity contribution in [1.82, 2.24) is 0 Å². The van der Waals surface area contributed by atoms with Gasteiger partial charge in [-0.1, -0.05) is 12.1 Å². The molecule has 10 nitrogen and oxygen atoms in total. The van der Waals surface area contributed by atoms with Crippen molar-refractivity contribution < 1.29 is 49.7 Å². The van der Waals surface area contributed by atoms with E-state index in [2.05, 4.69) is 0 Å². The zero-order valence-electron chi connectivity index (χ0n) is 16.4. The van der Waals surface area contributed by atoms with Crippen molar-refractivity contribution in [3.8, 4) is 11.5 Å². The van der Waals surface area contributed by atoms with Crippen LogP contribution in [0.1, 0.15) is 29.3 Å². The second kappa shape index (κ2) is 7.43. The summed E-state index contributed by atoms with van der Waals surface area (Å²) in [6.45, 7) is 1.54. The van der Waals surface area contributed by atoms with Crippen LogP contribution in [0.25, 0.3) is 10.8 Å². The Kier molecular flexibility index (Phi) is 5.15. The average molecular weight is 434 g/mol. The third-order valence-corrected chi connectivity index (χ3v) is 5.63. The summed E-state index contributed by atoms with van der Waals surface area (Å²) < 4.78 is 10.7. The van der Waals surface area contributed by atoms with E-state index in [1.54, 1.807) is 18.2 Å². The van der Waals surface area contributed by atoms with Crippen molar-refractivity contribution >= 4 is 22.5 Å². The maximum Gasteiger partial charge on any atom is 0.335 e. The fourth-order valence-electron chi connectivity index (χ4n) is 4.19. The van der Waals surface area contributed by atoms with E-state index < -0.39 is 48.1 Å². The molecule has 2 aromatic rings. The predicted molar refractivity (Wildman–Crippen MR) is 104 cm³/mol. The maximum absolute atomic E-state index is 12.6. The number of Topliss-reactive ketones (excluding diaryl/α,β-unsaturated/α-hetero) is 1. The van der Waals surface area contributed by atoms with Crippen molar-refractivity contribution in [1.29, 1.82) is 0 Å². The number of aliphatic hydroxyl groups is 4. The molecule has 0 spiro atoms. The van der Waals surface area contributed by atoms with Crippen LogP contribution in [-0.4, -0.2) is 78.7 Å². The lowest BCUT2D eigenvalue weighted by molar-refractivity contribution is -0.270. The van der Waals surface area contributed by atoms with Gasteiger partial charge in [0, 0.05) is 12.8 Å². The van der Waals surface area contributed by atoms with Gasteiger partial charge in [0.2, 0.25) is 6.29 Å². The van der Waals surface area contributed by atoms with Gasteiger partial charge in [-0.2, -0.15) is 0 Å². The molecule has 6 N–H and O–H groups in total. The topological polar surface area (TPSA) is 174 Å². The number of aromatic hydroxyl groups is 1. The monoisotopic (exact) mass is 434 g/mol. The fraction of sp³-hybridized carbons (Fsp3) is 0.429. The van der Waals surface area contributed by atoms with Crippen molar-refractivity contribution in [2.75, 3.05) is 0 Å². The summed E-state index contributed by atoms with van der Waals surface area (Å²) in [5.41, 5.74) is -0.706. The van der Waals surface area contributed by atoms with Crippen LogP contribution in [0.15, 0.2) is 24.3 Å². The first kappa shape index (κ1) is 21.5. The number of carbonyl (C=O) groups is 2. The third-order valence-electron chi connectivity index (χ3n) is 5.63. The van der Waals surface area contributed by atoms with Crippen LogP contribution in [0, 0.1) is 0 Å². The molecule has 1 aliphatic heterocycles. The number of aliphatic carboxylic acids is 1. The molecule has 0 amide bonds. The Hall–Kier alpha value is -2.76. The van der Waals surface area contributed by atoms with E-state index in [4.69, 9.17) is 9.47 Å². The van der Waals surface area contributed by atoms with Gasteiger partial charge in [0.15, 0.2) is 11.9 Å². The molecule has 2 aliphatic rings. The van der Waals surface area contributed by atoms with Crippen molar-refractivity contribution in [3.63, 3.8) is 0 Å². The highest BCUT2D eigenvalue weighted by Crippen LogP contribution is 2.43. The van der Waals surface area contributed by atoms with Crippen LogP contribution in [0.3, 0.4) is 0 Å². The minimum Gasteiger partial charge on any atom is -0.506 e. The highest BCUT2D eigenvalue weighted by molar-refractivity contribution is 6.09. The lowest BCUT2D eigenvalue weighted by Gasteiger charge is -2.38. The van der Waals surface area contributed by atoms with Gasteiger partial charge < -0.3 is 40.1 Å². The number of rotatable bonds is 3. The van der Waals surface area contributed by atoms with Gasteiger partial charge in [-0.05, 0) is 30.0 Å². The van der Waals surface area contributed by atoms with Crippen LogP contribution in [0.5, 0.6) is 11.5 Å². The number of ketones is 1. The molecule has 31 heavy (non-hydrogen) atoms. The Labute approximate surface area is 175 Å². The van der Waals surface area contributed by atoms with Crippen molar-refractivity contribution in [3.05, 3.63) is 35.4 Å². The molecular formula is C21H22O10. The number of carboxylic acids is 1. The molecule has 10 heteroatoms. The van der Waals surface area contributed by atoms with Crippen LogP contribution < -0.4 is 4.74 Å². The Morgan fingerprint density at radius 1 is 1.16 bits per heavy atom. The maximum atomic E-state index is 12.6. The Bertz CT molecular complexity index is 1060. The molecule has 4 rings (SSSR count). The highest BCUT2D eigenvalue weighted by atomic mass is 16.7. The molecule has 1 heterocycles. The van der Waals surface area contributed by atoms with Crippen LogP contribution in [0.2, 0.25) is 0 Å². The summed E-state index contributed by atoms with van der Waals surface area (Å²) in [5, 5.41) is 61.0. The second-order valence-corrected chi connectivity index (χ2v) is 8.24. The lowest BCUT2D eigenvalue weighted by atomic mass is 9.79. The molecule has 1 saturated heterocycles. The van der Waals surface area contributed by atoms with Crippen molar-refractivity contribution in [2.45, 2.75) is 56.1 Å². The average Bonchev–Trinajstić information content (AvgIpc) is 2.66. The second-order valence-electron chi connectivity index (χ2n) is 8.24. The molecule has 166 valence electrons. The smallest absolute Gasteiger partial charge is 0.335 e. The number of benzene rings is 2. The molecule has 0 aromatic heterocycles. The number of phenolic OH excluding ortho intramolecular Hbond substituents is 1. The Morgan fingerprint density at radius 2 is 1.87 bits per heavy atom. The van der Waals surface area contributed by atoms with Gasteiger partial charge in [0.25, 0.3) is 0 Å². The molecule has 0 saturated carbocycles. The number of hydrogen-bond acceptors (Lipinski definition) is 9. The summed E-state index contributed by atoms with van der Waals surface area (Å²) >= 11 is 0. The van der Waals surface area contributed by atoms with Gasteiger partial charge in [-0.25, -0.2) is 4.79 Å². The highest BCUT2D eigenvalue weighted by Gasteiger charge is 2.48. The van der Waals surface area contributed by atoms with Crippen LogP contribution in [-0.2, 0) is 16.0 Å². The minimum absolute atomic E-state index is 0.0280. The standard InChI is InChI=1S/C21H22O10/c1-21(29)6-9-5-8-3-2-4-11(13(8)14(23)12(9)10(22)7-21)30-20-17(26)15(24)16(25)18(31-20)19(27)28/h2-5,15-18,20,23-26,29H,6-7H2,1H3,(H,27,28)/t15-,16-,17+,18-,20+,21-/m0/s1. The lowest BCUT2D eigenvalue weighted by Crippen LogP contribution is -2.61. The van der Waals surface area contributed by atoms with E-state index in [1.165, 1.54) is 13.0 Å². The minimum atomic E-state index is -1.87. The first-order chi connectivity index (χ1) is 14.5. The van der Waals surface area contributed by atoms with Crippen LogP contribution in [0.4, 0.5) is 0 Å². The van der Waals surface area contributed by atoms with E-state index >= 15 is 0 Å². The van der Waals surface area contributed by atoms with Gasteiger partial charge in [-0.3, -0.25) is 4.79 Å². The Morgan fingerprint density at radius 3 is 2.55 bits per heavy atom. The van der Waals surface area contributed by atoms with E-state index in [-0.39, 0.29) is 35.3 Å². The molecule has 2 aromatic carbocycles. The Balaban J connectivity index is 1.76. The molecule has 1 aliphatic carbocycles. The summed E-state index contributed by atoms with van der Waals surface area (Å²) in [7, 11) is 0. The van der Waals surface area contributed by atoms with E-state index in [0.717, 1.165) is 0 Å². The largest absolute Gasteiger partial charge is 0.506 e. The van der Waals surface area contributed by atoms with E-state index in [9.17, 15) is 40.2 Å². The summed E-state index contributed by atoms with van der Waals surface area (Å²) in [6, 6.07) is 6.27. The number of carboxylic acid groups (broad SMARTS) is 1. The van der Waals surface area contributed by atoms with Gasteiger partial charge in [-0.15, -0.1) is 0 Å². The quantitative estimate of drug-likeness (QED) is 0.376. The SMILES string of the molecule is C[C@@]1(O)CC(=O)c2c(cc3cccc(O[C@@H]4O[C@H](C(=O)O)[C@@H](O)[C@H](O)[C@H]4O)c3c2O)C1. The van der Waals surface area contributed by atoms with Gasteiger partial charge >= 0.3 is 5.97 Å². The molecule has 0 unspecified atom stereocenters. The van der Waals surface area contributed by atoms with E-state index in [0.29, 0.717) is 10.9 Å². The molecule has 0 bridgehead atoms. The van der Waals surface area contributed by atoms with Gasteiger partial charge in [0.05, 0.1) is 16.6 Å². The number of phenols is 1. The first-order valence-corrected chi connectivity index (χ1v) is 9.62. The number of fused-ring (bicyclic) bond motifs is 2.